The molecule has 0 aromatic heterocycles. The number of likely N-dealkylation sites (N-methyl/N-ethyl adjacent to an activating group) is 1. The summed E-state index contributed by atoms with van der Waals surface area (Å²) in [4.78, 5) is 42.1. The van der Waals surface area contributed by atoms with E-state index in [-0.39, 0.29) is 37.3 Å². The summed E-state index contributed by atoms with van der Waals surface area (Å²) in [6, 6.07) is 12.6. The fourth-order valence-electron chi connectivity index (χ4n) is 5.09. The third-order valence-electron chi connectivity index (χ3n) is 7.84. The fraction of sp³-hybridized carbons (Fsp3) is 0.545. The molecule has 2 aromatic carbocycles. The highest BCUT2D eigenvalue weighted by atomic mass is 19.4. The lowest BCUT2D eigenvalue weighted by Crippen LogP contribution is -2.48. The number of anilines is 2. The number of rotatable bonds is 8. The molecule has 0 aliphatic carbocycles. The molecule has 2 aromatic rings. The normalized spacial score (nSPS) is 20.5. The van der Waals surface area contributed by atoms with E-state index in [4.69, 9.17) is 9.47 Å². The minimum Gasteiger partial charge on any atom is -0.490 e. The van der Waals surface area contributed by atoms with Crippen LogP contribution in [0.15, 0.2) is 48.5 Å². The molecule has 3 N–H and O–H groups in total. The van der Waals surface area contributed by atoms with Crippen LogP contribution in [0.4, 0.5) is 29.3 Å². The Kier molecular flexibility index (Phi) is 13.7. The number of carbonyl (C=O) groups excluding carboxylic acids is 3. The molecule has 4 atom stereocenters. The summed E-state index contributed by atoms with van der Waals surface area (Å²) < 4.78 is 50.6. The molecule has 254 valence electrons. The van der Waals surface area contributed by atoms with Crippen molar-refractivity contribution in [1.82, 2.24) is 9.80 Å². The van der Waals surface area contributed by atoms with E-state index in [0.717, 1.165) is 6.42 Å². The fourth-order valence-corrected chi connectivity index (χ4v) is 5.09. The number of benzene rings is 2. The number of aliphatic hydroxyl groups excluding tert-OH is 1. The SMILES string of the molecule is C[C@@H]1CCCCO[C@@H](CN(C)C(=O)CCC(F)(F)F)[C@H](C)CN([C@@H](C)CO)C(=O)c2cc(NC(=O)Nc3ccccc3)ccc2O1. The van der Waals surface area contributed by atoms with Gasteiger partial charge in [-0.2, -0.15) is 13.2 Å². The first-order valence-electron chi connectivity index (χ1n) is 15.5. The Balaban J connectivity index is 1.89. The minimum atomic E-state index is -4.44. The number of hydrogen-bond acceptors (Lipinski definition) is 6. The van der Waals surface area contributed by atoms with Crippen LogP contribution in [0.2, 0.25) is 0 Å². The van der Waals surface area contributed by atoms with E-state index in [1.54, 1.807) is 43.3 Å². The number of para-hydroxylation sites is 1. The average Bonchev–Trinajstić information content (AvgIpc) is 3.01. The molecule has 0 bridgehead atoms. The Hall–Kier alpha value is -3.84. The molecule has 0 spiro atoms. The number of amides is 4. The Bertz CT molecular complexity index is 1300. The molecular formula is C33H45F3N4O6. The van der Waals surface area contributed by atoms with Crippen molar-refractivity contribution in [2.24, 2.45) is 5.92 Å². The lowest BCUT2D eigenvalue weighted by atomic mass is 10.0. The van der Waals surface area contributed by atoms with Gasteiger partial charge in [0.15, 0.2) is 0 Å². The number of ether oxygens (including phenoxy) is 2. The van der Waals surface area contributed by atoms with Crippen molar-refractivity contribution in [2.75, 3.05) is 44.0 Å². The van der Waals surface area contributed by atoms with Gasteiger partial charge in [0.25, 0.3) is 5.91 Å². The van der Waals surface area contributed by atoms with Gasteiger partial charge >= 0.3 is 12.2 Å². The van der Waals surface area contributed by atoms with Crippen LogP contribution in [0.3, 0.4) is 0 Å². The first-order chi connectivity index (χ1) is 21.8. The highest BCUT2D eigenvalue weighted by molar-refractivity contribution is 6.02. The lowest BCUT2D eigenvalue weighted by Gasteiger charge is -2.36. The van der Waals surface area contributed by atoms with Crippen molar-refractivity contribution in [2.45, 2.75) is 77.3 Å². The van der Waals surface area contributed by atoms with Gasteiger partial charge in [0.05, 0.1) is 36.8 Å². The first-order valence-corrected chi connectivity index (χ1v) is 15.5. The third-order valence-corrected chi connectivity index (χ3v) is 7.84. The van der Waals surface area contributed by atoms with Gasteiger partial charge in [-0.3, -0.25) is 9.59 Å². The molecule has 0 unspecified atom stereocenters. The molecule has 46 heavy (non-hydrogen) atoms. The minimum absolute atomic E-state index is 0.0358. The maximum absolute atomic E-state index is 14.2. The monoisotopic (exact) mass is 650 g/mol. The molecule has 3 rings (SSSR count). The number of aliphatic hydroxyl groups is 1. The van der Waals surface area contributed by atoms with Crippen molar-refractivity contribution in [3.63, 3.8) is 0 Å². The number of alkyl halides is 3. The molecule has 4 amide bonds. The number of urea groups is 1. The Morgan fingerprint density at radius 1 is 1.09 bits per heavy atom. The zero-order chi connectivity index (χ0) is 33.9. The van der Waals surface area contributed by atoms with Crippen molar-refractivity contribution in [1.29, 1.82) is 0 Å². The number of hydrogen-bond donors (Lipinski definition) is 3. The molecule has 0 saturated carbocycles. The molecule has 10 nitrogen and oxygen atoms in total. The average molecular weight is 651 g/mol. The summed E-state index contributed by atoms with van der Waals surface area (Å²) in [5.41, 5.74) is 1.13. The van der Waals surface area contributed by atoms with E-state index < -0.39 is 49.0 Å². The Morgan fingerprint density at radius 2 is 1.78 bits per heavy atom. The number of nitrogens with one attached hydrogen (secondary N) is 2. The molecule has 1 heterocycles. The van der Waals surface area contributed by atoms with Crippen LogP contribution in [0, 0.1) is 5.92 Å². The zero-order valence-electron chi connectivity index (χ0n) is 26.8. The number of fused-ring (bicyclic) bond motifs is 1. The number of nitrogens with zero attached hydrogens (tertiary/aromatic N) is 2. The topological polar surface area (TPSA) is 120 Å². The summed E-state index contributed by atoms with van der Waals surface area (Å²) in [6.45, 7) is 5.57. The van der Waals surface area contributed by atoms with Crippen molar-refractivity contribution >= 4 is 29.2 Å². The van der Waals surface area contributed by atoms with Gasteiger partial charge in [-0.25, -0.2) is 4.79 Å². The molecular weight excluding hydrogens is 605 g/mol. The van der Waals surface area contributed by atoms with Crippen molar-refractivity contribution < 1.29 is 42.1 Å². The summed E-state index contributed by atoms with van der Waals surface area (Å²) in [7, 11) is 1.44. The van der Waals surface area contributed by atoms with Crippen LogP contribution in [0.1, 0.15) is 63.2 Å². The molecule has 1 aliphatic rings. The lowest BCUT2D eigenvalue weighted by molar-refractivity contribution is -0.149. The first kappa shape index (κ1) is 36.6. The highest BCUT2D eigenvalue weighted by Crippen LogP contribution is 2.29. The van der Waals surface area contributed by atoms with Gasteiger partial charge in [-0.1, -0.05) is 25.1 Å². The van der Waals surface area contributed by atoms with Gasteiger partial charge in [-0.05, 0) is 63.4 Å². The zero-order valence-corrected chi connectivity index (χ0v) is 26.8. The van der Waals surface area contributed by atoms with Gasteiger partial charge in [0.1, 0.15) is 5.75 Å². The van der Waals surface area contributed by atoms with Crippen LogP contribution in [-0.4, -0.2) is 90.5 Å². The van der Waals surface area contributed by atoms with E-state index in [1.165, 1.54) is 22.9 Å². The van der Waals surface area contributed by atoms with Crippen molar-refractivity contribution in [3.05, 3.63) is 54.1 Å². The van der Waals surface area contributed by atoms with E-state index in [9.17, 15) is 32.7 Å². The summed E-state index contributed by atoms with van der Waals surface area (Å²) >= 11 is 0. The molecule has 13 heteroatoms. The number of carbonyl (C=O) groups is 3. The smallest absolute Gasteiger partial charge is 0.389 e. The van der Waals surface area contributed by atoms with Crippen LogP contribution in [0.5, 0.6) is 5.75 Å². The molecule has 0 radical (unpaired) electrons. The molecule has 1 aliphatic heterocycles. The summed E-state index contributed by atoms with van der Waals surface area (Å²) in [6.07, 6.45) is -5.08. The van der Waals surface area contributed by atoms with E-state index in [1.807, 2.05) is 19.9 Å². The van der Waals surface area contributed by atoms with Gasteiger partial charge in [0, 0.05) is 50.5 Å². The van der Waals surface area contributed by atoms with Gasteiger partial charge < -0.3 is 35.0 Å². The predicted molar refractivity (Wildman–Crippen MR) is 169 cm³/mol. The summed E-state index contributed by atoms with van der Waals surface area (Å²) in [5, 5.41) is 15.6. The maximum atomic E-state index is 14.2. The Morgan fingerprint density at radius 3 is 2.46 bits per heavy atom. The van der Waals surface area contributed by atoms with Gasteiger partial charge in [-0.15, -0.1) is 0 Å². The Labute approximate surface area is 268 Å². The highest BCUT2D eigenvalue weighted by Gasteiger charge is 2.32. The van der Waals surface area contributed by atoms with Gasteiger partial charge in [0.2, 0.25) is 5.91 Å². The standard InChI is InChI=1S/C33H45F3N4O6/c1-22-19-40(23(2)21-41)31(43)27-18-26(38-32(44)37-25-11-6-5-7-12-25)13-14-28(27)46-24(3)10-8-9-17-45-29(22)20-39(4)30(42)15-16-33(34,35)36/h5-7,11-14,18,22-24,29,41H,8-10,15-17,19-21H2,1-4H3,(H2,37,38,44)/t22-,23+,24-,29+/m1/s1. The quantitative estimate of drug-likeness (QED) is 0.326. The van der Waals surface area contributed by atoms with E-state index in [0.29, 0.717) is 36.6 Å². The second-order valence-electron chi connectivity index (χ2n) is 11.8. The third kappa shape index (κ3) is 11.5. The maximum Gasteiger partial charge on any atom is 0.389 e. The van der Waals surface area contributed by atoms with Crippen molar-refractivity contribution in [3.8, 4) is 5.75 Å². The van der Waals surface area contributed by atoms with Crippen LogP contribution < -0.4 is 15.4 Å². The largest absolute Gasteiger partial charge is 0.490 e. The molecule has 0 saturated heterocycles. The second kappa shape index (κ2) is 17.2. The van der Waals surface area contributed by atoms with Crippen LogP contribution in [0.25, 0.3) is 0 Å². The van der Waals surface area contributed by atoms with Crippen LogP contribution >= 0.6 is 0 Å². The van der Waals surface area contributed by atoms with Crippen LogP contribution in [-0.2, 0) is 9.53 Å². The van der Waals surface area contributed by atoms with E-state index >= 15 is 0 Å². The predicted octanol–water partition coefficient (Wildman–Crippen LogP) is 5.93. The second-order valence-corrected chi connectivity index (χ2v) is 11.8. The summed E-state index contributed by atoms with van der Waals surface area (Å²) in [5.74, 6) is -1.15. The number of halogens is 3. The van der Waals surface area contributed by atoms with E-state index in [2.05, 4.69) is 10.6 Å². The molecule has 0 fully saturated rings.